The van der Waals surface area contributed by atoms with Crippen molar-refractivity contribution in [2.24, 2.45) is 16.0 Å². The topological polar surface area (TPSA) is 68.9 Å². The zero-order chi connectivity index (χ0) is 20.4. The standard InChI is InChI=1S/C23H28N4OS/c1-15(2)18-11-8-17(9-12-18)14-19-21(24)27-23(25-22(19)28)29-20(26-27)13-10-16-6-4-3-5-7-16/h8-9,11-12,14-16,24H,3-7,10,13H2,1-2H3/b19-14-,24-21?. The zero-order valence-electron chi connectivity index (χ0n) is 17.1. The molecule has 2 aliphatic heterocycles. The molecule has 0 bridgehead atoms. The van der Waals surface area contributed by atoms with Crippen LogP contribution in [0.25, 0.3) is 6.08 Å². The van der Waals surface area contributed by atoms with Crippen LogP contribution in [0, 0.1) is 11.3 Å². The molecule has 152 valence electrons. The fraction of sp³-hybridized carbons (Fsp3) is 0.478. The minimum absolute atomic E-state index is 0.119. The van der Waals surface area contributed by atoms with Gasteiger partial charge in [0.2, 0.25) is 5.17 Å². The summed E-state index contributed by atoms with van der Waals surface area (Å²) in [7, 11) is 0. The number of carbonyl (C=O) groups is 1. The largest absolute Gasteiger partial charge is 0.283 e. The molecule has 0 saturated heterocycles. The van der Waals surface area contributed by atoms with E-state index in [0.29, 0.717) is 16.7 Å². The summed E-state index contributed by atoms with van der Waals surface area (Å²) in [5.41, 5.74) is 2.44. The van der Waals surface area contributed by atoms with E-state index in [1.54, 1.807) is 6.08 Å². The quantitative estimate of drug-likeness (QED) is 0.627. The molecule has 2 heterocycles. The summed E-state index contributed by atoms with van der Waals surface area (Å²) in [4.78, 5) is 16.8. The minimum Gasteiger partial charge on any atom is -0.282 e. The number of hydrazone groups is 1. The van der Waals surface area contributed by atoms with Crippen LogP contribution >= 0.6 is 11.8 Å². The second kappa shape index (κ2) is 8.66. The van der Waals surface area contributed by atoms with Gasteiger partial charge in [-0.1, -0.05) is 70.2 Å². The fourth-order valence-corrected chi connectivity index (χ4v) is 4.98. The highest BCUT2D eigenvalue weighted by atomic mass is 32.2. The highest BCUT2D eigenvalue weighted by Gasteiger charge is 2.35. The Hall–Kier alpha value is -2.21. The number of nitrogens with zero attached hydrogens (tertiary/aromatic N) is 3. The summed E-state index contributed by atoms with van der Waals surface area (Å²) in [6, 6.07) is 8.10. The Morgan fingerprint density at radius 2 is 1.93 bits per heavy atom. The van der Waals surface area contributed by atoms with Gasteiger partial charge < -0.3 is 0 Å². The van der Waals surface area contributed by atoms with E-state index in [1.807, 2.05) is 12.1 Å². The maximum atomic E-state index is 12.6. The van der Waals surface area contributed by atoms with E-state index in [4.69, 9.17) is 5.41 Å². The molecule has 1 aliphatic carbocycles. The summed E-state index contributed by atoms with van der Waals surface area (Å²) in [6.45, 7) is 4.30. The molecular weight excluding hydrogens is 380 g/mol. The van der Waals surface area contributed by atoms with E-state index < -0.39 is 0 Å². The van der Waals surface area contributed by atoms with Crippen LogP contribution in [0.3, 0.4) is 0 Å². The van der Waals surface area contributed by atoms with Crippen molar-refractivity contribution in [2.75, 3.05) is 0 Å². The van der Waals surface area contributed by atoms with Crippen molar-refractivity contribution in [1.29, 1.82) is 5.41 Å². The second-order valence-electron chi connectivity index (χ2n) is 8.38. The molecule has 1 saturated carbocycles. The molecule has 6 heteroatoms. The molecule has 1 N–H and O–H groups in total. The van der Waals surface area contributed by atoms with Crippen molar-refractivity contribution >= 4 is 39.8 Å². The predicted molar refractivity (Wildman–Crippen MR) is 121 cm³/mol. The number of benzene rings is 1. The van der Waals surface area contributed by atoms with Gasteiger partial charge in [0.25, 0.3) is 5.91 Å². The van der Waals surface area contributed by atoms with Gasteiger partial charge in [-0.25, -0.2) is 0 Å². The Kier molecular flexibility index (Phi) is 5.99. The number of hydrogen-bond donors (Lipinski definition) is 1. The van der Waals surface area contributed by atoms with Crippen molar-refractivity contribution < 1.29 is 4.79 Å². The first-order chi connectivity index (χ1) is 14.0. The summed E-state index contributed by atoms with van der Waals surface area (Å²) >= 11 is 1.44. The maximum absolute atomic E-state index is 12.6. The van der Waals surface area contributed by atoms with Gasteiger partial charge in [0.1, 0.15) is 5.04 Å². The average Bonchev–Trinajstić information content (AvgIpc) is 3.14. The average molecular weight is 409 g/mol. The van der Waals surface area contributed by atoms with Gasteiger partial charge in [-0.15, -0.1) is 0 Å². The number of nitrogens with one attached hydrogen (secondary N) is 1. The van der Waals surface area contributed by atoms with Gasteiger partial charge in [-0.05, 0) is 53.6 Å². The molecule has 0 aromatic heterocycles. The lowest BCUT2D eigenvalue weighted by Crippen LogP contribution is -2.35. The van der Waals surface area contributed by atoms with E-state index in [-0.39, 0.29) is 11.7 Å². The number of aliphatic imine (C=N–C) groups is 1. The molecule has 0 radical (unpaired) electrons. The summed E-state index contributed by atoms with van der Waals surface area (Å²) in [5.74, 6) is 1.01. The Labute approximate surface area is 176 Å². The van der Waals surface area contributed by atoms with Gasteiger partial charge >= 0.3 is 0 Å². The molecule has 1 aromatic rings. The van der Waals surface area contributed by atoms with E-state index in [2.05, 4.69) is 36.1 Å². The molecule has 1 aromatic carbocycles. The number of thioether (sulfide) groups is 1. The first-order valence-electron chi connectivity index (χ1n) is 10.6. The van der Waals surface area contributed by atoms with Crippen LogP contribution in [-0.4, -0.2) is 27.0 Å². The van der Waals surface area contributed by atoms with E-state index in [1.165, 1.54) is 54.4 Å². The van der Waals surface area contributed by atoms with Gasteiger partial charge in [-0.2, -0.15) is 15.1 Å². The zero-order valence-corrected chi connectivity index (χ0v) is 18.0. The predicted octanol–water partition coefficient (Wildman–Crippen LogP) is 5.79. The number of amidine groups is 2. The van der Waals surface area contributed by atoms with Crippen LogP contribution < -0.4 is 0 Å². The Bertz CT molecular complexity index is 892. The smallest absolute Gasteiger partial charge is 0.282 e. The Morgan fingerprint density at radius 1 is 1.21 bits per heavy atom. The van der Waals surface area contributed by atoms with Crippen LogP contribution in [-0.2, 0) is 4.79 Å². The second-order valence-corrected chi connectivity index (χ2v) is 9.42. The lowest BCUT2D eigenvalue weighted by molar-refractivity contribution is -0.114. The van der Waals surface area contributed by atoms with Gasteiger partial charge in [0, 0.05) is 0 Å². The molecular formula is C23H28N4OS. The maximum Gasteiger partial charge on any atom is 0.283 e. The molecule has 0 spiro atoms. The van der Waals surface area contributed by atoms with E-state index in [9.17, 15) is 4.79 Å². The molecule has 0 unspecified atom stereocenters. The van der Waals surface area contributed by atoms with Gasteiger partial charge in [-0.3, -0.25) is 10.2 Å². The summed E-state index contributed by atoms with van der Waals surface area (Å²) < 4.78 is 0. The van der Waals surface area contributed by atoms with Crippen molar-refractivity contribution in [2.45, 2.75) is 64.7 Å². The van der Waals surface area contributed by atoms with Crippen LogP contribution in [0.1, 0.15) is 75.8 Å². The van der Waals surface area contributed by atoms with Crippen LogP contribution in [0.4, 0.5) is 0 Å². The molecule has 5 nitrogen and oxygen atoms in total. The highest BCUT2D eigenvalue weighted by molar-refractivity contribution is 8.26. The number of hydrogen-bond acceptors (Lipinski definition) is 4. The number of rotatable bonds is 5. The molecule has 4 rings (SSSR count). The highest BCUT2D eigenvalue weighted by Crippen LogP contribution is 2.33. The first kappa shape index (κ1) is 20.1. The summed E-state index contributed by atoms with van der Waals surface area (Å²) in [6.07, 6.45) is 10.5. The van der Waals surface area contributed by atoms with Crippen molar-refractivity contribution in [3.63, 3.8) is 0 Å². The molecule has 3 aliphatic rings. The number of carbonyl (C=O) groups excluding carboxylic acids is 1. The monoisotopic (exact) mass is 408 g/mol. The molecule has 0 atom stereocenters. The molecule has 1 fully saturated rings. The van der Waals surface area contributed by atoms with Crippen LogP contribution in [0.15, 0.2) is 39.9 Å². The fourth-order valence-electron chi connectivity index (χ4n) is 4.08. The van der Waals surface area contributed by atoms with Crippen LogP contribution in [0.2, 0.25) is 0 Å². The molecule has 1 amide bonds. The van der Waals surface area contributed by atoms with Crippen LogP contribution in [0.5, 0.6) is 0 Å². The third-order valence-electron chi connectivity index (χ3n) is 5.90. The number of amides is 1. The third-order valence-corrected chi connectivity index (χ3v) is 6.87. The third kappa shape index (κ3) is 4.53. The van der Waals surface area contributed by atoms with E-state index in [0.717, 1.165) is 29.4 Å². The molecule has 29 heavy (non-hydrogen) atoms. The minimum atomic E-state index is -0.356. The SMILES string of the molecule is CC(C)c1ccc(/C=C2/C(=N)N3N=C(CCC4CCCCC4)SC3=NC2=O)cc1. The number of fused-ring (bicyclic) bond motifs is 1. The Balaban J connectivity index is 1.47. The normalized spacial score (nSPS) is 21.6. The van der Waals surface area contributed by atoms with E-state index >= 15 is 0 Å². The summed E-state index contributed by atoms with van der Waals surface area (Å²) in [5, 5.41) is 16.1. The first-order valence-corrected chi connectivity index (χ1v) is 11.4. The van der Waals surface area contributed by atoms with Crippen molar-refractivity contribution in [3.8, 4) is 0 Å². The van der Waals surface area contributed by atoms with Crippen molar-refractivity contribution in [3.05, 3.63) is 41.0 Å². The van der Waals surface area contributed by atoms with Gasteiger partial charge in [0.05, 0.1) is 5.57 Å². The van der Waals surface area contributed by atoms with Gasteiger partial charge in [0.15, 0.2) is 5.84 Å². The lowest BCUT2D eigenvalue weighted by Gasteiger charge is -2.20. The Morgan fingerprint density at radius 3 is 2.62 bits per heavy atom. The lowest BCUT2D eigenvalue weighted by atomic mass is 9.86. The van der Waals surface area contributed by atoms with Crippen molar-refractivity contribution in [1.82, 2.24) is 5.01 Å².